The molecule has 2 aromatic carbocycles. The quantitative estimate of drug-likeness (QED) is 0.661. The summed E-state index contributed by atoms with van der Waals surface area (Å²) < 4.78 is 34.1. The van der Waals surface area contributed by atoms with Gasteiger partial charge in [-0.2, -0.15) is 0 Å². The molecule has 152 valence electrons. The average Bonchev–Trinajstić information content (AvgIpc) is 2.62. The van der Waals surface area contributed by atoms with Gasteiger partial charge in [-0.25, -0.2) is 8.42 Å². The lowest BCUT2D eigenvalue weighted by atomic mass is 10.0. The van der Waals surface area contributed by atoms with Gasteiger partial charge in [-0.15, -0.1) is 12.4 Å². The minimum absolute atomic E-state index is 0. The van der Waals surface area contributed by atoms with E-state index >= 15 is 0 Å². The predicted octanol–water partition coefficient (Wildman–Crippen LogP) is 2.91. The molecule has 0 fully saturated rings. The number of hydrogen-bond acceptors (Lipinski definition) is 5. The standard InChI is InChI=1S/C19H23N3O4S.ClH/c1-3-26-18-7-6-16(21-13(2)23)11-19(18)27(24,25)22-17-5-4-15-12-20-9-8-14(15)10-17;/h4-7,10-11,20,22H,3,8-9,12H2,1-2H3,(H,21,23);1H. The number of amides is 1. The first-order valence-corrected chi connectivity index (χ1v) is 10.3. The Morgan fingerprint density at radius 2 is 1.89 bits per heavy atom. The number of fused-ring (bicyclic) bond motifs is 1. The van der Waals surface area contributed by atoms with Gasteiger partial charge in [0.1, 0.15) is 10.6 Å². The molecule has 1 heterocycles. The van der Waals surface area contributed by atoms with Crippen LogP contribution in [0.2, 0.25) is 0 Å². The van der Waals surface area contributed by atoms with Crippen molar-refractivity contribution in [3.8, 4) is 5.75 Å². The van der Waals surface area contributed by atoms with Gasteiger partial charge >= 0.3 is 0 Å². The van der Waals surface area contributed by atoms with Crippen LogP contribution in [0.25, 0.3) is 0 Å². The van der Waals surface area contributed by atoms with E-state index in [-0.39, 0.29) is 29.0 Å². The molecule has 1 amide bonds. The fraction of sp³-hybridized carbons (Fsp3) is 0.316. The summed E-state index contributed by atoms with van der Waals surface area (Å²) in [4.78, 5) is 11.3. The van der Waals surface area contributed by atoms with E-state index in [0.717, 1.165) is 25.1 Å². The second-order valence-electron chi connectivity index (χ2n) is 6.29. The zero-order valence-electron chi connectivity index (χ0n) is 15.7. The molecule has 0 saturated carbocycles. The summed E-state index contributed by atoms with van der Waals surface area (Å²) in [6, 6.07) is 10.1. The Morgan fingerprint density at radius 1 is 1.14 bits per heavy atom. The van der Waals surface area contributed by atoms with Gasteiger partial charge in [-0.05, 0) is 61.3 Å². The number of carbonyl (C=O) groups is 1. The summed E-state index contributed by atoms with van der Waals surface area (Å²) in [6.07, 6.45) is 0.854. The number of nitrogens with one attached hydrogen (secondary N) is 3. The number of carbonyl (C=O) groups excluding carboxylic acids is 1. The molecule has 0 unspecified atom stereocenters. The van der Waals surface area contributed by atoms with Crippen LogP contribution in [0, 0.1) is 0 Å². The highest BCUT2D eigenvalue weighted by Crippen LogP contribution is 2.30. The van der Waals surface area contributed by atoms with Crippen LogP contribution in [0.15, 0.2) is 41.3 Å². The molecule has 0 aromatic heterocycles. The molecule has 0 bridgehead atoms. The largest absolute Gasteiger partial charge is 0.492 e. The van der Waals surface area contributed by atoms with Crippen molar-refractivity contribution in [2.24, 2.45) is 0 Å². The lowest BCUT2D eigenvalue weighted by molar-refractivity contribution is -0.114. The summed E-state index contributed by atoms with van der Waals surface area (Å²) in [5, 5.41) is 5.89. The zero-order chi connectivity index (χ0) is 19.4. The van der Waals surface area contributed by atoms with Crippen LogP contribution >= 0.6 is 12.4 Å². The molecule has 0 spiro atoms. The van der Waals surface area contributed by atoms with Crippen LogP contribution in [-0.4, -0.2) is 27.5 Å². The second kappa shape index (κ2) is 9.27. The average molecular weight is 426 g/mol. The SMILES string of the molecule is CCOc1ccc(NC(C)=O)cc1S(=O)(=O)Nc1ccc2c(c1)CCNC2.Cl. The zero-order valence-corrected chi connectivity index (χ0v) is 17.4. The van der Waals surface area contributed by atoms with Gasteiger partial charge in [0.2, 0.25) is 5.91 Å². The van der Waals surface area contributed by atoms with E-state index in [2.05, 4.69) is 15.4 Å². The molecule has 3 rings (SSSR count). The fourth-order valence-corrected chi connectivity index (χ4v) is 4.25. The molecule has 9 heteroatoms. The first-order valence-electron chi connectivity index (χ1n) is 8.79. The highest BCUT2D eigenvalue weighted by molar-refractivity contribution is 7.92. The van der Waals surface area contributed by atoms with Crippen molar-refractivity contribution in [2.45, 2.75) is 31.7 Å². The van der Waals surface area contributed by atoms with Crippen molar-refractivity contribution in [1.29, 1.82) is 0 Å². The van der Waals surface area contributed by atoms with E-state index in [1.54, 1.807) is 25.1 Å². The van der Waals surface area contributed by atoms with Crippen molar-refractivity contribution in [2.75, 3.05) is 23.2 Å². The third kappa shape index (κ3) is 5.15. The van der Waals surface area contributed by atoms with Crippen LogP contribution in [0.3, 0.4) is 0 Å². The van der Waals surface area contributed by atoms with E-state index in [9.17, 15) is 13.2 Å². The molecule has 1 aliphatic heterocycles. The van der Waals surface area contributed by atoms with Gasteiger partial charge in [0, 0.05) is 24.8 Å². The Bertz CT molecular complexity index is 964. The number of ether oxygens (including phenoxy) is 1. The molecular formula is C19H24ClN3O4S. The fourth-order valence-electron chi connectivity index (χ4n) is 3.02. The molecule has 0 atom stereocenters. The maximum atomic E-state index is 13.0. The summed E-state index contributed by atoms with van der Waals surface area (Å²) in [6.45, 7) is 5.13. The van der Waals surface area contributed by atoms with Gasteiger partial charge in [0.25, 0.3) is 10.0 Å². The number of benzene rings is 2. The third-order valence-corrected chi connectivity index (χ3v) is 5.60. The molecule has 7 nitrogen and oxygen atoms in total. The lowest BCUT2D eigenvalue weighted by Crippen LogP contribution is -2.23. The molecule has 2 aromatic rings. The highest BCUT2D eigenvalue weighted by Gasteiger charge is 2.22. The minimum Gasteiger partial charge on any atom is -0.492 e. The van der Waals surface area contributed by atoms with E-state index in [4.69, 9.17) is 4.74 Å². The monoisotopic (exact) mass is 425 g/mol. The Kier molecular flexibility index (Phi) is 7.29. The topological polar surface area (TPSA) is 96.5 Å². The molecule has 0 aliphatic carbocycles. The van der Waals surface area contributed by atoms with Crippen LogP contribution in [-0.2, 0) is 27.8 Å². The number of anilines is 2. The van der Waals surface area contributed by atoms with E-state index in [1.165, 1.54) is 18.6 Å². The molecular weight excluding hydrogens is 402 g/mol. The first kappa shape index (κ1) is 22.0. The number of hydrogen-bond donors (Lipinski definition) is 3. The van der Waals surface area contributed by atoms with Gasteiger partial charge in [0.05, 0.1) is 6.61 Å². The van der Waals surface area contributed by atoms with Crippen molar-refractivity contribution in [1.82, 2.24) is 5.32 Å². The summed E-state index contributed by atoms with van der Waals surface area (Å²) in [5.41, 5.74) is 3.20. The van der Waals surface area contributed by atoms with Gasteiger partial charge < -0.3 is 15.4 Å². The molecule has 28 heavy (non-hydrogen) atoms. The van der Waals surface area contributed by atoms with Crippen molar-refractivity contribution >= 4 is 39.7 Å². The normalized spacial score (nSPS) is 13.1. The summed E-state index contributed by atoms with van der Waals surface area (Å²) >= 11 is 0. The van der Waals surface area contributed by atoms with Crippen molar-refractivity contribution in [3.63, 3.8) is 0 Å². The number of rotatable bonds is 6. The second-order valence-corrected chi connectivity index (χ2v) is 7.94. The molecule has 0 radical (unpaired) electrons. The van der Waals surface area contributed by atoms with Gasteiger partial charge in [-0.1, -0.05) is 6.07 Å². The Morgan fingerprint density at radius 3 is 2.61 bits per heavy atom. The van der Waals surface area contributed by atoms with Gasteiger partial charge in [-0.3, -0.25) is 9.52 Å². The summed E-state index contributed by atoms with van der Waals surface area (Å²) in [5.74, 6) is -0.0416. The Labute approximate surface area is 171 Å². The van der Waals surface area contributed by atoms with E-state index < -0.39 is 10.0 Å². The summed E-state index contributed by atoms with van der Waals surface area (Å²) in [7, 11) is -3.89. The van der Waals surface area contributed by atoms with Crippen molar-refractivity contribution < 1.29 is 17.9 Å². The molecule has 3 N–H and O–H groups in total. The lowest BCUT2D eigenvalue weighted by Gasteiger charge is -2.19. The maximum absolute atomic E-state index is 13.0. The number of halogens is 1. The van der Waals surface area contributed by atoms with Crippen LogP contribution < -0.4 is 20.1 Å². The molecule has 1 aliphatic rings. The first-order chi connectivity index (χ1) is 12.9. The van der Waals surface area contributed by atoms with Crippen LogP contribution in [0.5, 0.6) is 5.75 Å². The highest BCUT2D eigenvalue weighted by atomic mass is 35.5. The van der Waals surface area contributed by atoms with Gasteiger partial charge in [0.15, 0.2) is 0 Å². The Hall–Kier alpha value is -2.29. The van der Waals surface area contributed by atoms with E-state index in [0.29, 0.717) is 18.0 Å². The van der Waals surface area contributed by atoms with Crippen LogP contribution in [0.4, 0.5) is 11.4 Å². The smallest absolute Gasteiger partial charge is 0.265 e. The predicted molar refractivity (Wildman–Crippen MR) is 112 cm³/mol. The molecule has 0 saturated heterocycles. The minimum atomic E-state index is -3.89. The van der Waals surface area contributed by atoms with Crippen LogP contribution in [0.1, 0.15) is 25.0 Å². The van der Waals surface area contributed by atoms with E-state index in [1.807, 2.05) is 12.1 Å². The number of sulfonamides is 1. The van der Waals surface area contributed by atoms with Crippen molar-refractivity contribution in [3.05, 3.63) is 47.5 Å². The third-order valence-electron chi connectivity index (χ3n) is 4.20. The maximum Gasteiger partial charge on any atom is 0.265 e. The Balaban J connectivity index is 0.00000280.